The fourth-order valence-corrected chi connectivity index (χ4v) is 2.04. The highest BCUT2D eigenvalue weighted by Gasteiger charge is 2.28. The average Bonchev–Trinajstić information content (AvgIpc) is 2.18. The molecular weight excluding hydrogens is 192 g/mol. The zero-order valence-corrected chi connectivity index (χ0v) is 9.95. The minimum absolute atomic E-state index is 0.218. The molecule has 2 atom stereocenters. The van der Waals surface area contributed by atoms with Crippen LogP contribution in [0.5, 0.6) is 0 Å². The van der Waals surface area contributed by atoms with Crippen molar-refractivity contribution in [3.8, 4) is 0 Å². The molecule has 0 aliphatic carbocycles. The molecule has 1 heterocycles. The van der Waals surface area contributed by atoms with Crippen molar-refractivity contribution >= 4 is 5.91 Å². The van der Waals surface area contributed by atoms with Gasteiger partial charge >= 0.3 is 0 Å². The maximum Gasteiger partial charge on any atom is 0.223 e. The van der Waals surface area contributed by atoms with E-state index in [1.54, 1.807) is 0 Å². The van der Waals surface area contributed by atoms with Crippen LogP contribution in [0.25, 0.3) is 0 Å². The van der Waals surface area contributed by atoms with Crippen molar-refractivity contribution in [2.75, 3.05) is 26.8 Å². The monoisotopic (exact) mass is 214 g/mol. The van der Waals surface area contributed by atoms with Gasteiger partial charge in [0.2, 0.25) is 5.91 Å². The maximum absolute atomic E-state index is 11.9. The van der Waals surface area contributed by atoms with Gasteiger partial charge < -0.3 is 15.0 Å². The largest absolute Gasteiger partial charge is 0.377 e. The lowest BCUT2D eigenvalue weighted by atomic mass is 10.1. The van der Waals surface area contributed by atoms with E-state index in [1.807, 2.05) is 25.8 Å². The summed E-state index contributed by atoms with van der Waals surface area (Å²) in [5.41, 5.74) is 0. The van der Waals surface area contributed by atoms with Crippen molar-refractivity contribution in [1.29, 1.82) is 0 Å². The zero-order valence-electron chi connectivity index (χ0n) is 9.95. The van der Waals surface area contributed by atoms with Crippen molar-refractivity contribution in [3.63, 3.8) is 0 Å². The number of hydrogen-bond acceptors (Lipinski definition) is 3. The average molecular weight is 214 g/mol. The predicted octanol–water partition coefficient (Wildman–Crippen LogP) is 0.622. The van der Waals surface area contributed by atoms with Crippen LogP contribution in [0.15, 0.2) is 0 Å². The molecule has 1 fully saturated rings. The molecule has 1 rings (SSSR count). The lowest BCUT2D eigenvalue weighted by Crippen LogP contribution is -2.52. The molecule has 15 heavy (non-hydrogen) atoms. The first-order chi connectivity index (χ1) is 7.16. The summed E-state index contributed by atoms with van der Waals surface area (Å²) in [5, 5.41) is 3.05. The molecule has 1 saturated heterocycles. The van der Waals surface area contributed by atoms with Crippen LogP contribution in [0.1, 0.15) is 26.7 Å². The van der Waals surface area contributed by atoms with Gasteiger partial charge in [0, 0.05) is 6.42 Å². The van der Waals surface area contributed by atoms with Gasteiger partial charge in [-0.25, -0.2) is 0 Å². The number of nitrogens with one attached hydrogen (secondary N) is 1. The molecule has 2 unspecified atom stereocenters. The van der Waals surface area contributed by atoms with Crippen molar-refractivity contribution in [1.82, 2.24) is 10.2 Å². The second-order valence-corrected chi connectivity index (χ2v) is 4.24. The fraction of sp³-hybridized carbons (Fsp3) is 0.909. The van der Waals surface area contributed by atoms with E-state index < -0.39 is 0 Å². The van der Waals surface area contributed by atoms with Crippen molar-refractivity contribution in [2.45, 2.75) is 38.8 Å². The smallest absolute Gasteiger partial charge is 0.223 e. The quantitative estimate of drug-likeness (QED) is 0.698. The summed E-state index contributed by atoms with van der Waals surface area (Å²) < 4.78 is 5.39. The van der Waals surface area contributed by atoms with Crippen LogP contribution in [-0.2, 0) is 9.53 Å². The Morgan fingerprint density at radius 1 is 1.40 bits per heavy atom. The molecule has 0 spiro atoms. The summed E-state index contributed by atoms with van der Waals surface area (Å²) in [7, 11) is 1.91. The van der Waals surface area contributed by atoms with E-state index in [2.05, 4.69) is 5.32 Å². The van der Waals surface area contributed by atoms with Gasteiger partial charge in [-0.2, -0.15) is 0 Å². The van der Waals surface area contributed by atoms with Crippen LogP contribution in [0, 0.1) is 0 Å². The van der Waals surface area contributed by atoms with Gasteiger partial charge in [0.15, 0.2) is 0 Å². The highest BCUT2D eigenvalue weighted by molar-refractivity contribution is 5.77. The number of rotatable bonds is 4. The van der Waals surface area contributed by atoms with Gasteiger partial charge in [-0.3, -0.25) is 4.79 Å². The van der Waals surface area contributed by atoms with Crippen LogP contribution in [0.3, 0.4) is 0 Å². The van der Waals surface area contributed by atoms with E-state index in [1.165, 1.54) is 0 Å². The molecule has 0 aromatic rings. The Balaban J connectivity index is 2.41. The van der Waals surface area contributed by atoms with Crippen molar-refractivity contribution < 1.29 is 9.53 Å². The van der Waals surface area contributed by atoms with Crippen molar-refractivity contribution in [3.05, 3.63) is 0 Å². The lowest BCUT2D eigenvalue weighted by molar-refractivity contribution is -0.144. The number of carbonyl (C=O) groups is 1. The molecule has 1 aliphatic heterocycles. The third kappa shape index (κ3) is 3.47. The second kappa shape index (κ2) is 6.08. The van der Waals surface area contributed by atoms with Gasteiger partial charge in [0.05, 0.1) is 25.3 Å². The first-order valence-corrected chi connectivity index (χ1v) is 5.70. The van der Waals surface area contributed by atoms with E-state index in [-0.39, 0.29) is 18.0 Å². The SMILES string of the molecule is CNCCCC(=O)N1C(C)COCC1C. The van der Waals surface area contributed by atoms with Gasteiger partial charge in [0.25, 0.3) is 0 Å². The minimum Gasteiger partial charge on any atom is -0.377 e. The van der Waals surface area contributed by atoms with Gasteiger partial charge in [0.1, 0.15) is 0 Å². The highest BCUT2D eigenvalue weighted by atomic mass is 16.5. The maximum atomic E-state index is 11.9. The molecule has 88 valence electrons. The standard InChI is InChI=1S/C11H22N2O2/c1-9-7-15-8-10(2)13(9)11(14)5-4-6-12-3/h9-10,12H,4-8H2,1-3H3. The second-order valence-electron chi connectivity index (χ2n) is 4.24. The minimum atomic E-state index is 0.218. The van der Waals surface area contributed by atoms with Crippen molar-refractivity contribution in [2.24, 2.45) is 0 Å². The van der Waals surface area contributed by atoms with Crippen LogP contribution in [-0.4, -0.2) is 49.7 Å². The lowest BCUT2D eigenvalue weighted by Gasteiger charge is -2.38. The molecule has 0 saturated carbocycles. The highest BCUT2D eigenvalue weighted by Crippen LogP contribution is 2.14. The summed E-state index contributed by atoms with van der Waals surface area (Å²) >= 11 is 0. The molecule has 0 aromatic carbocycles. The van der Waals surface area contributed by atoms with E-state index in [4.69, 9.17) is 4.74 Å². The van der Waals surface area contributed by atoms with Crippen LogP contribution < -0.4 is 5.32 Å². The number of hydrogen-bond donors (Lipinski definition) is 1. The number of nitrogens with zero attached hydrogens (tertiary/aromatic N) is 1. The van der Waals surface area contributed by atoms with Gasteiger partial charge in [-0.1, -0.05) is 0 Å². The summed E-state index contributed by atoms with van der Waals surface area (Å²) in [4.78, 5) is 13.9. The van der Waals surface area contributed by atoms with E-state index in [0.717, 1.165) is 13.0 Å². The summed E-state index contributed by atoms with van der Waals surface area (Å²) in [6, 6.07) is 0.437. The molecular formula is C11H22N2O2. The molecule has 4 heteroatoms. The molecule has 0 aromatic heterocycles. The van der Waals surface area contributed by atoms with Crippen LogP contribution >= 0.6 is 0 Å². The summed E-state index contributed by atoms with van der Waals surface area (Å²) in [6.45, 7) is 6.33. The predicted molar refractivity (Wildman–Crippen MR) is 59.7 cm³/mol. The number of morpholine rings is 1. The Hall–Kier alpha value is -0.610. The number of amides is 1. The van der Waals surface area contributed by atoms with E-state index >= 15 is 0 Å². The Morgan fingerprint density at radius 2 is 2.00 bits per heavy atom. The third-order valence-corrected chi connectivity index (χ3v) is 2.77. The molecule has 1 amide bonds. The number of ether oxygens (including phenoxy) is 1. The molecule has 0 radical (unpaired) electrons. The third-order valence-electron chi connectivity index (χ3n) is 2.77. The Labute approximate surface area is 92.0 Å². The Bertz CT molecular complexity index is 199. The Morgan fingerprint density at radius 3 is 2.53 bits per heavy atom. The first kappa shape index (κ1) is 12.5. The fourth-order valence-electron chi connectivity index (χ4n) is 2.04. The molecule has 0 bridgehead atoms. The molecule has 4 nitrogen and oxygen atoms in total. The Kier molecular flexibility index (Phi) is 5.05. The van der Waals surface area contributed by atoms with Crippen LogP contribution in [0.2, 0.25) is 0 Å². The van der Waals surface area contributed by atoms with Gasteiger partial charge in [-0.15, -0.1) is 0 Å². The summed E-state index contributed by atoms with van der Waals surface area (Å²) in [6.07, 6.45) is 1.54. The van der Waals surface area contributed by atoms with Crippen LogP contribution in [0.4, 0.5) is 0 Å². The topological polar surface area (TPSA) is 41.6 Å². The summed E-state index contributed by atoms with van der Waals surface area (Å²) in [5.74, 6) is 0.258. The first-order valence-electron chi connectivity index (χ1n) is 5.70. The number of carbonyl (C=O) groups excluding carboxylic acids is 1. The van der Waals surface area contributed by atoms with E-state index in [0.29, 0.717) is 19.6 Å². The normalized spacial score (nSPS) is 26.7. The zero-order chi connectivity index (χ0) is 11.3. The molecule has 1 N–H and O–H groups in total. The van der Waals surface area contributed by atoms with E-state index in [9.17, 15) is 4.79 Å². The van der Waals surface area contributed by atoms with Gasteiger partial charge in [-0.05, 0) is 33.9 Å². The molecule has 1 aliphatic rings.